The normalized spacial score (nSPS) is 15.3. The molecule has 0 unspecified atom stereocenters. The Bertz CT molecular complexity index is 1480. The Morgan fingerprint density at radius 3 is 2.37 bits per heavy atom. The van der Waals surface area contributed by atoms with E-state index in [0.29, 0.717) is 48.4 Å². The molecule has 0 saturated carbocycles. The fourth-order valence-electron chi connectivity index (χ4n) is 4.68. The molecule has 0 atom stereocenters. The van der Waals surface area contributed by atoms with E-state index < -0.39 is 17.1 Å². The predicted octanol–water partition coefficient (Wildman–Crippen LogP) is 3.56. The summed E-state index contributed by atoms with van der Waals surface area (Å²) in [5.74, 6) is -0.764. The zero-order valence-electron chi connectivity index (χ0n) is 21.4. The van der Waals surface area contributed by atoms with Crippen molar-refractivity contribution < 1.29 is 19.8 Å². The van der Waals surface area contributed by atoms with E-state index in [1.807, 2.05) is 42.5 Å². The minimum Gasteiger partial charge on any atom is -0.385 e. The summed E-state index contributed by atoms with van der Waals surface area (Å²) in [5.41, 5.74) is 1.44. The van der Waals surface area contributed by atoms with Crippen LogP contribution >= 0.6 is 0 Å². The van der Waals surface area contributed by atoms with Crippen LogP contribution in [0.15, 0.2) is 72.9 Å². The second-order valence-electron chi connectivity index (χ2n) is 10.2. The Hall–Kier alpha value is -4.05. The molecule has 9 nitrogen and oxygen atoms in total. The van der Waals surface area contributed by atoms with Gasteiger partial charge in [-0.15, -0.1) is 0 Å². The highest BCUT2D eigenvalue weighted by Crippen LogP contribution is 2.33. The van der Waals surface area contributed by atoms with Crippen LogP contribution in [0.25, 0.3) is 16.6 Å². The van der Waals surface area contributed by atoms with E-state index in [0.717, 1.165) is 16.6 Å². The molecule has 1 fully saturated rings. The third-order valence-electron chi connectivity index (χ3n) is 6.86. The number of aliphatic hydroxyl groups is 2. The van der Waals surface area contributed by atoms with Crippen LogP contribution in [0.5, 0.6) is 0 Å². The van der Waals surface area contributed by atoms with Crippen molar-refractivity contribution in [1.82, 2.24) is 15.1 Å². The van der Waals surface area contributed by atoms with E-state index in [1.54, 1.807) is 35.1 Å². The van der Waals surface area contributed by atoms with Gasteiger partial charge in [-0.3, -0.25) is 9.59 Å². The van der Waals surface area contributed by atoms with Gasteiger partial charge >= 0.3 is 0 Å². The summed E-state index contributed by atoms with van der Waals surface area (Å²) in [4.78, 5) is 25.3. The van der Waals surface area contributed by atoms with Crippen LogP contribution in [-0.4, -0.2) is 50.5 Å². The Morgan fingerprint density at radius 1 is 0.974 bits per heavy atom. The van der Waals surface area contributed by atoms with Gasteiger partial charge in [-0.25, -0.2) is 4.68 Å². The number of aromatic nitrogens is 2. The quantitative estimate of drug-likeness (QED) is 0.268. The molecule has 0 radical (unpaired) electrons. The van der Waals surface area contributed by atoms with Crippen molar-refractivity contribution in [3.8, 4) is 5.69 Å². The van der Waals surface area contributed by atoms with Crippen LogP contribution < -0.4 is 16.0 Å². The van der Waals surface area contributed by atoms with Crippen LogP contribution in [0, 0.1) is 0 Å². The van der Waals surface area contributed by atoms with Gasteiger partial charge < -0.3 is 26.2 Å². The highest BCUT2D eigenvalue weighted by molar-refractivity contribution is 6.06. The highest BCUT2D eigenvalue weighted by Gasteiger charge is 2.34. The number of carbonyl (C=O) groups is 2. The summed E-state index contributed by atoms with van der Waals surface area (Å²) in [5, 5.41) is 35.3. The maximum Gasteiger partial charge on any atom is 0.256 e. The van der Waals surface area contributed by atoms with Crippen molar-refractivity contribution in [2.45, 2.75) is 37.9 Å². The number of amides is 2. The first-order valence-corrected chi connectivity index (χ1v) is 12.6. The predicted molar refractivity (Wildman–Crippen MR) is 146 cm³/mol. The fourth-order valence-corrected chi connectivity index (χ4v) is 4.68. The third-order valence-corrected chi connectivity index (χ3v) is 6.86. The molecule has 5 N–H and O–H groups in total. The topological polar surface area (TPSA) is 129 Å². The summed E-state index contributed by atoms with van der Waals surface area (Å²) < 4.78 is 1.77. The molecule has 0 bridgehead atoms. The lowest BCUT2D eigenvalue weighted by molar-refractivity contribution is -0.130. The summed E-state index contributed by atoms with van der Waals surface area (Å²) in [6.07, 6.45) is 2.82. The molecule has 38 heavy (non-hydrogen) atoms. The molecular weight excluding hydrogens is 482 g/mol. The van der Waals surface area contributed by atoms with E-state index in [9.17, 15) is 19.8 Å². The molecule has 2 amide bonds. The van der Waals surface area contributed by atoms with E-state index in [-0.39, 0.29) is 5.91 Å². The van der Waals surface area contributed by atoms with Crippen LogP contribution in [-0.2, 0) is 10.4 Å². The van der Waals surface area contributed by atoms with Crippen molar-refractivity contribution in [2.24, 2.45) is 0 Å². The summed E-state index contributed by atoms with van der Waals surface area (Å²) in [7, 11) is 0. The third kappa shape index (κ3) is 5.17. The summed E-state index contributed by atoms with van der Waals surface area (Å²) >= 11 is 0. The molecule has 196 valence electrons. The first-order chi connectivity index (χ1) is 18.1. The molecule has 1 aromatic heterocycles. The smallest absolute Gasteiger partial charge is 0.256 e. The van der Waals surface area contributed by atoms with Gasteiger partial charge in [0, 0.05) is 22.3 Å². The minimum absolute atomic E-state index is 0.275. The number of nitrogens with zero attached hydrogens (tertiary/aromatic N) is 2. The molecular formula is C29H31N5O4. The monoisotopic (exact) mass is 513 g/mol. The Morgan fingerprint density at radius 2 is 1.66 bits per heavy atom. The van der Waals surface area contributed by atoms with Crippen molar-refractivity contribution in [2.75, 3.05) is 23.7 Å². The number of piperidine rings is 1. The molecule has 1 aliphatic heterocycles. The lowest BCUT2D eigenvalue weighted by Crippen LogP contribution is -2.40. The zero-order valence-corrected chi connectivity index (χ0v) is 21.4. The highest BCUT2D eigenvalue weighted by atomic mass is 16.3. The lowest BCUT2D eigenvalue weighted by atomic mass is 9.82. The largest absolute Gasteiger partial charge is 0.385 e. The fraction of sp³-hybridized carbons (Fsp3) is 0.276. The van der Waals surface area contributed by atoms with Crippen molar-refractivity contribution in [3.63, 3.8) is 0 Å². The summed E-state index contributed by atoms with van der Waals surface area (Å²) in [6, 6.07) is 19.9. The first-order valence-electron chi connectivity index (χ1n) is 12.6. The minimum atomic E-state index is -1.47. The maximum absolute atomic E-state index is 13.2. The van der Waals surface area contributed by atoms with Crippen LogP contribution in [0.2, 0.25) is 0 Å². The van der Waals surface area contributed by atoms with E-state index in [1.165, 1.54) is 13.8 Å². The molecule has 2 heterocycles. The van der Waals surface area contributed by atoms with Gasteiger partial charge in [0.05, 0.1) is 23.0 Å². The number of hydrogen-bond acceptors (Lipinski definition) is 6. The zero-order chi connectivity index (χ0) is 26.9. The second-order valence-corrected chi connectivity index (χ2v) is 10.2. The van der Waals surface area contributed by atoms with Crippen LogP contribution in [0.3, 0.4) is 0 Å². The number of nitrogens with one attached hydrogen (secondary N) is 3. The average molecular weight is 514 g/mol. The molecule has 3 aromatic carbocycles. The van der Waals surface area contributed by atoms with Crippen molar-refractivity contribution in [3.05, 3.63) is 84.1 Å². The SMILES string of the molecule is CC(C)(O)C(=O)Nc1ccc(-n2ncc3cc(NC(=O)c4ccccc4C4(O)CCNCC4)ccc32)cc1. The number of hydrogen-bond donors (Lipinski definition) is 5. The van der Waals surface area contributed by atoms with Crippen molar-refractivity contribution in [1.29, 1.82) is 0 Å². The van der Waals surface area contributed by atoms with Gasteiger partial charge in [-0.2, -0.15) is 5.10 Å². The van der Waals surface area contributed by atoms with Crippen LogP contribution in [0.4, 0.5) is 11.4 Å². The number of anilines is 2. The second kappa shape index (κ2) is 10.0. The van der Waals surface area contributed by atoms with E-state index in [2.05, 4.69) is 21.0 Å². The first kappa shape index (κ1) is 25.6. The number of carbonyl (C=O) groups excluding carboxylic acids is 2. The Kier molecular flexibility index (Phi) is 6.75. The standard InChI is InChI=1S/C29H31N5O4/c1-28(2,37)27(36)33-20-7-10-22(11-8-20)34-25-12-9-21(17-19(25)18-31-34)32-26(35)23-5-3-4-6-24(23)29(38)13-15-30-16-14-29/h3-12,17-18,30,37-38H,13-16H2,1-2H3,(H,32,35)(H,33,36). The number of rotatable bonds is 6. The average Bonchev–Trinajstić information content (AvgIpc) is 3.32. The Balaban J connectivity index is 1.34. The van der Waals surface area contributed by atoms with Crippen LogP contribution in [0.1, 0.15) is 42.6 Å². The van der Waals surface area contributed by atoms with Gasteiger partial charge in [0.2, 0.25) is 0 Å². The molecule has 1 saturated heterocycles. The van der Waals surface area contributed by atoms with Gasteiger partial charge in [0.15, 0.2) is 0 Å². The van der Waals surface area contributed by atoms with Gasteiger partial charge in [-0.05, 0) is 93.9 Å². The van der Waals surface area contributed by atoms with Gasteiger partial charge in [0.1, 0.15) is 5.60 Å². The van der Waals surface area contributed by atoms with Crippen molar-refractivity contribution >= 4 is 34.1 Å². The lowest BCUT2D eigenvalue weighted by Gasteiger charge is -2.34. The molecule has 1 aliphatic rings. The number of benzene rings is 3. The molecule has 0 spiro atoms. The van der Waals surface area contributed by atoms with Gasteiger partial charge in [-0.1, -0.05) is 18.2 Å². The Labute approximate surface area is 220 Å². The number of fused-ring (bicyclic) bond motifs is 1. The molecule has 4 aromatic rings. The maximum atomic E-state index is 13.2. The van der Waals surface area contributed by atoms with E-state index in [4.69, 9.17) is 0 Å². The molecule has 5 rings (SSSR count). The summed E-state index contributed by atoms with van der Waals surface area (Å²) in [6.45, 7) is 4.26. The molecule has 9 heteroatoms. The molecule has 0 aliphatic carbocycles. The van der Waals surface area contributed by atoms with Gasteiger partial charge in [0.25, 0.3) is 11.8 Å². The van der Waals surface area contributed by atoms with E-state index >= 15 is 0 Å².